The first kappa shape index (κ1) is 17.6. The Bertz CT molecular complexity index is 647. The minimum atomic E-state index is -0.301. The van der Waals surface area contributed by atoms with Gasteiger partial charge in [0.15, 0.2) is 6.61 Å². The number of benzene rings is 1. The minimum absolute atomic E-state index is 0.0168. The van der Waals surface area contributed by atoms with Crippen molar-refractivity contribution in [3.8, 4) is 0 Å². The SMILES string of the molecule is CC(C)N(C(=O)COC(=O)C12CC3CC(CC(C3)C1)C2)c1ccccc1. The number of carbonyl (C=O) groups excluding carboxylic acids is 2. The van der Waals surface area contributed by atoms with Crippen LogP contribution in [0.15, 0.2) is 30.3 Å². The molecule has 5 rings (SSSR count). The average molecular weight is 355 g/mol. The third-order valence-electron chi connectivity index (χ3n) is 6.62. The molecule has 0 aromatic heterocycles. The molecule has 140 valence electrons. The Hall–Kier alpha value is -1.84. The van der Waals surface area contributed by atoms with Gasteiger partial charge in [-0.1, -0.05) is 18.2 Å². The Kier molecular flexibility index (Phi) is 4.54. The first-order chi connectivity index (χ1) is 12.5. The summed E-state index contributed by atoms with van der Waals surface area (Å²) in [7, 11) is 0. The molecule has 4 heteroatoms. The fourth-order valence-electron chi connectivity index (χ4n) is 6.03. The van der Waals surface area contributed by atoms with E-state index in [1.807, 2.05) is 44.2 Å². The molecule has 4 aliphatic carbocycles. The maximum Gasteiger partial charge on any atom is 0.312 e. The highest BCUT2D eigenvalue weighted by Gasteiger charge is 2.55. The fraction of sp³-hybridized carbons (Fsp3) is 0.636. The van der Waals surface area contributed by atoms with Crippen LogP contribution >= 0.6 is 0 Å². The smallest absolute Gasteiger partial charge is 0.312 e. The topological polar surface area (TPSA) is 46.6 Å². The van der Waals surface area contributed by atoms with Gasteiger partial charge in [0.25, 0.3) is 5.91 Å². The van der Waals surface area contributed by atoms with E-state index < -0.39 is 0 Å². The van der Waals surface area contributed by atoms with Crippen LogP contribution in [-0.2, 0) is 14.3 Å². The molecule has 0 unspecified atom stereocenters. The quantitative estimate of drug-likeness (QED) is 0.744. The van der Waals surface area contributed by atoms with E-state index in [-0.39, 0.29) is 29.9 Å². The van der Waals surface area contributed by atoms with Gasteiger partial charge in [-0.15, -0.1) is 0 Å². The molecule has 4 bridgehead atoms. The summed E-state index contributed by atoms with van der Waals surface area (Å²) in [6.45, 7) is 3.80. The van der Waals surface area contributed by atoms with Gasteiger partial charge in [0.2, 0.25) is 0 Å². The molecule has 1 aromatic carbocycles. The Morgan fingerprint density at radius 3 is 2.08 bits per heavy atom. The number of amides is 1. The van der Waals surface area contributed by atoms with Gasteiger partial charge in [0, 0.05) is 11.7 Å². The number of nitrogens with zero attached hydrogens (tertiary/aromatic N) is 1. The summed E-state index contributed by atoms with van der Waals surface area (Å²) in [6.07, 6.45) is 6.79. The highest BCUT2D eigenvalue weighted by Crippen LogP contribution is 2.60. The summed E-state index contributed by atoms with van der Waals surface area (Å²) >= 11 is 0. The second-order valence-electron chi connectivity index (χ2n) is 8.97. The van der Waals surface area contributed by atoms with Crippen molar-refractivity contribution in [2.75, 3.05) is 11.5 Å². The summed E-state index contributed by atoms with van der Waals surface area (Å²) in [4.78, 5) is 27.4. The summed E-state index contributed by atoms with van der Waals surface area (Å²) in [6, 6.07) is 9.61. The van der Waals surface area contributed by atoms with Gasteiger partial charge in [-0.25, -0.2) is 0 Å². The molecule has 0 atom stereocenters. The van der Waals surface area contributed by atoms with Crippen LogP contribution in [0.25, 0.3) is 0 Å². The predicted octanol–water partition coefficient (Wildman–Crippen LogP) is 4.19. The molecule has 4 nitrogen and oxygen atoms in total. The molecule has 0 N–H and O–H groups in total. The summed E-state index contributed by atoms with van der Waals surface area (Å²) < 4.78 is 5.61. The lowest BCUT2D eigenvalue weighted by molar-refractivity contribution is -0.172. The Morgan fingerprint density at radius 1 is 1.04 bits per heavy atom. The molecule has 0 heterocycles. The lowest BCUT2D eigenvalue weighted by Gasteiger charge is -2.55. The molecule has 0 saturated heterocycles. The minimum Gasteiger partial charge on any atom is -0.455 e. The summed E-state index contributed by atoms with van der Waals surface area (Å²) in [5.41, 5.74) is 0.545. The van der Waals surface area contributed by atoms with Gasteiger partial charge >= 0.3 is 5.97 Å². The number of anilines is 1. The Balaban J connectivity index is 1.42. The zero-order valence-corrected chi connectivity index (χ0v) is 15.8. The normalized spacial score (nSPS) is 31.9. The Morgan fingerprint density at radius 2 is 1.58 bits per heavy atom. The van der Waals surface area contributed by atoms with Crippen LogP contribution in [0, 0.1) is 23.2 Å². The first-order valence-electron chi connectivity index (χ1n) is 10.0. The zero-order valence-electron chi connectivity index (χ0n) is 15.8. The van der Waals surface area contributed by atoms with Gasteiger partial charge in [-0.05, 0) is 82.3 Å². The van der Waals surface area contributed by atoms with Crippen LogP contribution in [0.4, 0.5) is 5.69 Å². The van der Waals surface area contributed by atoms with Gasteiger partial charge in [0.1, 0.15) is 0 Å². The standard InChI is InChI=1S/C22H29NO3/c1-15(2)23(19-6-4-3-5-7-19)20(24)14-26-21(25)22-11-16-8-17(12-22)10-18(9-16)13-22/h3-7,15-18H,8-14H2,1-2H3. The molecule has 4 aliphatic rings. The maximum absolute atomic E-state index is 12.9. The van der Waals surface area contributed by atoms with E-state index in [9.17, 15) is 9.59 Å². The molecule has 4 saturated carbocycles. The zero-order chi connectivity index (χ0) is 18.3. The second kappa shape index (κ2) is 6.71. The van der Waals surface area contributed by atoms with Crippen LogP contribution in [0.2, 0.25) is 0 Å². The third kappa shape index (κ3) is 3.15. The fourth-order valence-corrected chi connectivity index (χ4v) is 6.03. The van der Waals surface area contributed by atoms with Gasteiger partial charge in [-0.2, -0.15) is 0 Å². The van der Waals surface area contributed by atoms with Crippen LogP contribution in [-0.4, -0.2) is 24.5 Å². The highest BCUT2D eigenvalue weighted by molar-refractivity contribution is 5.96. The lowest BCUT2D eigenvalue weighted by Crippen LogP contribution is -2.51. The van der Waals surface area contributed by atoms with E-state index in [4.69, 9.17) is 4.74 Å². The second-order valence-corrected chi connectivity index (χ2v) is 8.97. The molecular weight excluding hydrogens is 326 g/mol. The number of hydrogen-bond donors (Lipinski definition) is 0. The van der Waals surface area contributed by atoms with Crippen molar-refractivity contribution in [3.05, 3.63) is 30.3 Å². The van der Waals surface area contributed by atoms with Crippen molar-refractivity contribution in [1.82, 2.24) is 0 Å². The number of para-hydroxylation sites is 1. The molecule has 4 fully saturated rings. The van der Waals surface area contributed by atoms with E-state index in [1.165, 1.54) is 19.3 Å². The van der Waals surface area contributed by atoms with E-state index >= 15 is 0 Å². The van der Waals surface area contributed by atoms with Crippen molar-refractivity contribution >= 4 is 17.6 Å². The third-order valence-corrected chi connectivity index (χ3v) is 6.62. The number of rotatable bonds is 5. The van der Waals surface area contributed by atoms with Crippen LogP contribution in [0.5, 0.6) is 0 Å². The van der Waals surface area contributed by atoms with Gasteiger partial charge in [-0.3, -0.25) is 9.59 Å². The molecule has 0 spiro atoms. The van der Waals surface area contributed by atoms with E-state index in [0.717, 1.165) is 24.9 Å². The number of ether oxygens (including phenoxy) is 1. The number of hydrogen-bond acceptors (Lipinski definition) is 3. The van der Waals surface area contributed by atoms with E-state index in [2.05, 4.69) is 0 Å². The van der Waals surface area contributed by atoms with Crippen molar-refractivity contribution < 1.29 is 14.3 Å². The molecular formula is C22H29NO3. The molecule has 1 aromatic rings. The van der Waals surface area contributed by atoms with Gasteiger partial charge in [0.05, 0.1) is 5.41 Å². The van der Waals surface area contributed by atoms with Crippen LogP contribution in [0.1, 0.15) is 52.4 Å². The highest BCUT2D eigenvalue weighted by atomic mass is 16.5. The predicted molar refractivity (Wildman–Crippen MR) is 101 cm³/mol. The van der Waals surface area contributed by atoms with Crippen molar-refractivity contribution in [2.45, 2.75) is 58.4 Å². The average Bonchev–Trinajstić information content (AvgIpc) is 2.59. The van der Waals surface area contributed by atoms with Crippen molar-refractivity contribution in [3.63, 3.8) is 0 Å². The van der Waals surface area contributed by atoms with Crippen LogP contribution < -0.4 is 4.90 Å². The maximum atomic E-state index is 12.9. The summed E-state index contributed by atoms with van der Waals surface area (Å²) in [5.74, 6) is 1.81. The summed E-state index contributed by atoms with van der Waals surface area (Å²) in [5, 5.41) is 0. The van der Waals surface area contributed by atoms with Gasteiger partial charge < -0.3 is 9.64 Å². The molecule has 26 heavy (non-hydrogen) atoms. The van der Waals surface area contributed by atoms with Crippen LogP contribution in [0.3, 0.4) is 0 Å². The number of esters is 1. The van der Waals surface area contributed by atoms with E-state index in [1.54, 1.807) is 4.90 Å². The lowest BCUT2D eigenvalue weighted by atomic mass is 9.49. The monoisotopic (exact) mass is 355 g/mol. The first-order valence-corrected chi connectivity index (χ1v) is 10.0. The molecule has 0 radical (unpaired) electrons. The molecule has 0 aliphatic heterocycles. The van der Waals surface area contributed by atoms with Crippen molar-refractivity contribution in [1.29, 1.82) is 0 Å². The largest absolute Gasteiger partial charge is 0.455 e. The van der Waals surface area contributed by atoms with Crippen molar-refractivity contribution in [2.24, 2.45) is 23.2 Å². The molecule has 1 amide bonds. The Labute approximate surface area is 155 Å². The number of carbonyl (C=O) groups is 2. The van der Waals surface area contributed by atoms with E-state index in [0.29, 0.717) is 17.8 Å².